The molecule has 3 rings (SSSR count). The Labute approximate surface area is 149 Å². The van der Waals surface area contributed by atoms with E-state index in [0.29, 0.717) is 18.4 Å². The predicted molar refractivity (Wildman–Crippen MR) is 98.6 cm³/mol. The van der Waals surface area contributed by atoms with Crippen LogP contribution in [0.15, 0.2) is 24.3 Å². The van der Waals surface area contributed by atoms with Gasteiger partial charge < -0.3 is 15.5 Å². The lowest BCUT2D eigenvalue weighted by molar-refractivity contribution is -0.139. The molecule has 0 aromatic heterocycles. The number of urea groups is 1. The largest absolute Gasteiger partial charge is 0.340 e. The highest BCUT2D eigenvalue weighted by atomic mass is 16.2. The van der Waals surface area contributed by atoms with Crippen LogP contribution in [0.4, 0.5) is 10.5 Å². The van der Waals surface area contributed by atoms with Gasteiger partial charge in [0.2, 0.25) is 5.91 Å². The number of rotatable bonds is 5. The molecule has 1 aliphatic carbocycles. The van der Waals surface area contributed by atoms with Crippen LogP contribution >= 0.6 is 0 Å². The van der Waals surface area contributed by atoms with E-state index in [-0.39, 0.29) is 6.03 Å². The molecule has 1 heterocycles. The Kier molecular flexibility index (Phi) is 5.91. The molecule has 0 spiro atoms. The van der Waals surface area contributed by atoms with Crippen LogP contribution in [0.3, 0.4) is 0 Å². The summed E-state index contributed by atoms with van der Waals surface area (Å²) in [6.45, 7) is 6.81. The minimum atomic E-state index is -0.176. The van der Waals surface area contributed by atoms with E-state index >= 15 is 0 Å². The van der Waals surface area contributed by atoms with Gasteiger partial charge in [0.15, 0.2) is 0 Å². The number of anilines is 1. The van der Waals surface area contributed by atoms with Crippen LogP contribution in [-0.4, -0.2) is 61.0 Å². The minimum absolute atomic E-state index is 0.176. The second kappa shape index (κ2) is 8.34. The number of nitrogens with one attached hydrogen (secondary N) is 2. The lowest BCUT2D eigenvalue weighted by atomic mass is 9.84. The fourth-order valence-electron chi connectivity index (χ4n) is 3.33. The third kappa shape index (κ3) is 4.95. The molecule has 6 nitrogen and oxygen atoms in total. The number of carbonyl (C=O) groups is 2. The van der Waals surface area contributed by atoms with Crippen molar-refractivity contribution in [2.75, 3.05) is 44.6 Å². The maximum atomic E-state index is 12.2. The Hall–Kier alpha value is -2.08. The number of hydrogen-bond donors (Lipinski definition) is 2. The van der Waals surface area contributed by atoms with Crippen molar-refractivity contribution < 1.29 is 9.59 Å². The van der Waals surface area contributed by atoms with Gasteiger partial charge in [0.1, 0.15) is 0 Å². The molecule has 1 aliphatic heterocycles. The van der Waals surface area contributed by atoms with Crippen molar-refractivity contribution in [1.29, 1.82) is 0 Å². The number of aryl methyl sites for hydroxylation is 1. The Morgan fingerprint density at radius 3 is 2.56 bits per heavy atom. The lowest BCUT2D eigenvalue weighted by Crippen LogP contribution is -2.52. The lowest BCUT2D eigenvalue weighted by Gasteiger charge is -2.38. The van der Waals surface area contributed by atoms with E-state index in [9.17, 15) is 9.59 Å². The van der Waals surface area contributed by atoms with Crippen molar-refractivity contribution in [2.45, 2.75) is 26.2 Å². The van der Waals surface area contributed by atoms with Crippen molar-refractivity contribution in [2.24, 2.45) is 5.92 Å². The minimum Gasteiger partial charge on any atom is -0.340 e. The van der Waals surface area contributed by atoms with Crippen LogP contribution in [0.5, 0.6) is 0 Å². The average molecular weight is 344 g/mol. The van der Waals surface area contributed by atoms with Gasteiger partial charge in [-0.3, -0.25) is 9.69 Å². The average Bonchev–Trinajstić information content (AvgIpc) is 2.54. The zero-order valence-corrected chi connectivity index (χ0v) is 15.0. The maximum Gasteiger partial charge on any atom is 0.319 e. The second-order valence-electron chi connectivity index (χ2n) is 7.05. The summed E-state index contributed by atoms with van der Waals surface area (Å²) in [4.78, 5) is 28.5. The molecule has 1 aromatic rings. The first-order valence-electron chi connectivity index (χ1n) is 9.24. The van der Waals surface area contributed by atoms with E-state index in [1.165, 1.54) is 6.42 Å². The number of piperazine rings is 1. The number of amides is 3. The van der Waals surface area contributed by atoms with Gasteiger partial charge >= 0.3 is 6.03 Å². The fraction of sp³-hybridized carbons (Fsp3) is 0.579. The topological polar surface area (TPSA) is 64.7 Å². The molecule has 25 heavy (non-hydrogen) atoms. The van der Waals surface area contributed by atoms with E-state index in [4.69, 9.17) is 0 Å². The van der Waals surface area contributed by atoms with E-state index in [2.05, 4.69) is 15.5 Å². The molecular weight excluding hydrogens is 316 g/mol. The van der Waals surface area contributed by atoms with Gasteiger partial charge in [-0.2, -0.15) is 0 Å². The number of benzene rings is 1. The highest BCUT2D eigenvalue weighted by Gasteiger charge is 2.30. The van der Waals surface area contributed by atoms with Gasteiger partial charge in [-0.25, -0.2) is 4.79 Å². The molecule has 2 aliphatic rings. The first-order valence-corrected chi connectivity index (χ1v) is 9.24. The molecule has 136 valence electrons. The van der Waals surface area contributed by atoms with E-state index in [0.717, 1.165) is 56.8 Å². The number of hydrogen-bond acceptors (Lipinski definition) is 3. The van der Waals surface area contributed by atoms with Crippen molar-refractivity contribution in [1.82, 2.24) is 15.1 Å². The zero-order valence-electron chi connectivity index (χ0n) is 15.0. The van der Waals surface area contributed by atoms with Gasteiger partial charge in [0.25, 0.3) is 0 Å². The maximum absolute atomic E-state index is 12.2. The molecule has 2 N–H and O–H groups in total. The molecule has 1 aromatic carbocycles. The molecule has 2 fully saturated rings. The van der Waals surface area contributed by atoms with Gasteiger partial charge in [0.05, 0.1) is 0 Å². The number of nitrogens with zero attached hydrogens (tertiary/aromatic N) is 2. The van der Waals surface area contributed by atoms with Crippen molar-refractivity contribution >= 4 is 17.6 Å². The predicted octanol–water partition coefficient (Wildman–Crippen LogP) is 2.06. The Morgan fingerprint density at radius 2 is 1.92 bits per heavy atom. The number of carbonyl (C=O) groups excluding carboxylic acids is 2. The van der Waals surface area contributed by atoms with Crippen LogP contribution in [0.1, 0.15) is 24.8 Å². The van der Waals surface area contributed by atoms with Gasteiger partial charge in [-0.05, 0) is 37.5 Å². The molecule has 0 radical (unpaired) electrons. The molecule has 0 unspecified atom stereocenters. The quantitative estimate of drug-likeness (QED) is 0.859. The van der Waals surface area contributed by atoms with Gasteiger partial charge in [-0.15, -0.1) is 0 Å². The summed E-state index contributed by atoms with van der Waals surface area (Å²) in [6.07, 6.45) is 3.34. The summed E-state index contributed by atoms with van der Waals surface area (Å²) in [5.41, 5.74) is 1.92. The molecule has 6 heteroatoms. The summed E-state index contributed by atoms with van der Waals surface area (Å²) in [7, 11) is 0. The SMILES string of the molecule is Cc1cccc(NC(=O)NCCN2CCN(C(=O)C3CCC3)CC2)c1. The molecule has 1 saturated carbocycles. The normalized spacial score (nSPS) is 18.5. The Balaban J connectivity index is 1.32. The fourth-order valence-corrected chi connectivity index (χ4v) is 3.33. The summed E-state index contributed by atoms with van der Waals surface area (Å²) in [5, 5.41) is 5.74. The van der Waals surface area contributed by atoms with Gasteiger partial charge in [0, 0.05) is 50.9 Å². The first kappa shape index (κ1) is 17.7. The summed E-state index contributed by atoms with van der Waals surface area (Å²) in [5.74, 6) is 0.639. The van der Waals surface area contributed by atoms with Crippen molar-refractivity contribution in [3.63, 3.8) is 0 Å². The van der Waals surface area contributed by atoms with Crippen LogP contribution in [-0.2, 0) is 4.79 Å². The first-order chi connectivity index (χ1) is 12.1. The van der Waals surface area contributed by atoms with E-state index < -0.39 is 0 Å². The molecule has 1 saturated heterocycles. The van der Waals surface area contributed by atoms with Gasteiger partial charge in [-0.1, -0.05) is 18.6 Å². The summed E-state index contributed by atoms with van der Waals surface area (Å²) in [6, 6.07) is 7.57. The molecule has 0 atom stereocenters. The second-order valence-corrected chi connectivity index (χ2v) is 7.05. The van der Waals surface area contributed by atoms with Crippen LogP contribution in [0, 0.1) is 12.8 Å². The smallest absolute Gasteiger partial charge is 0.319 e. The molecule has 3 amide bonds. The Bertz CT molecular complexity index is 607. The summed E-state index contributed by atoms with van der Waals surface area (Å²) >= 11 is 0. The third-order valence-electron chi connectivity index (χ3n) is 5.13. The third-order valence-corrected chi connectivity index (χ3v) is 5.13. The zero-order chi connectivity index (χ0) is 17.6. The summed E-state index contributed by atoms with van der Waals surface area (Å²) < 4.78 is 0. The molecular formula is C19H28N4O2. The molecule has 0 bridgehead atoms. The van der Waals surface area contributed by atoms with Crippen LogP contribution in [0.25, 0.3) is 0 Å². The van der Waals surface area contributed by atoms with Crippen molar-refractivity contribution in [3.05, 3.63) is 29.8 Å². The van der Waals surface area contributed by atoms with E-state index in [1.807, 2.05) is 36.1 Å². The van der Waals surface area contributed by atoms with Crippen LogP contribution < -0.4 is 10.6 Å². The monoisotopic (exact) mass is 344 g/mol. The van der Waals surface area contributed by atoms with Crippen molar-refractivity contribution in [3.8, 4) is 0 Å². The standard InChI is InChI=1S/C19H28N4O2/c1-15-4-2-7-17(14-15)21-19(25)20-8-9-22-10-12-23(13-11-22)18(24)16-5-3-6-16/h2,4,7,14,16H,3,5-6,8-13H2,1H3,(H2,20,21,25). The highest BCUT2D eigenvalue weighted by molar-refractivity contribution is 5.89. The highest BCUT2D eigenvalue weighted by Crippen LogP contribution is 2.28. The Morgan fingerprint density at radius 1 is 1.16 bits per heavy atom. The van der Waals surface area contributed by atoms with E-state index in [1.54, 1.807) is 0 Å². The van der Waals surface area contributed by atoms with Crippen LogP contribution in [0.2, 0.25) is 0 Å².